The zero-order valence-electron chi connectivity index (χ0n) is 24.7. The fraction of sp³-hybridized carbons (Fsp3) is 0.548. The van der Waals surface area contributed by atoms with Crippen molar-refractivity contribution in [3.8, 4) is 5.75 Å². The predicted molar refractivity (Wildman–Crippen MR) is 165 cm³/mol. The van der Waals surface area contributed by atoms with E-state index in [-0.39, 0.29) is 42.9 Å². The Morgan fingerprint density at radius 2 is 1.93 bits per heavy atom. The lowest BCUT2D eigenvalue weighted by atomic mass is 10.0. The lowest BCUT2D eigenvalue weighted by molar-refractivity contribution is -0.134. The number of nitrogens with zero attached hydrogens (tertiary/aromatic N) is 3. The first-order valence-corrected chi connectivity index (χ1v) is 15.3. The highest BCUT2D eigenvalue weighted by Gasteiger charge is 2.31. The van der Waals surface area contributed by atoms with Gasteiger partial charge in [0.25, 0.3) is 0 Å². The fourth-order valence-electron chi connectivity index (χ4n) is 5.35. The van der Waals surface area contributed by atoms with Crippen molar-refractivity contribution in [2.24, 2.45) is 5.92 Å². The number of aliphatic hydroxyl groups is 1. The van der Waals surface area contributed by atoms with Crippen LogP contribution in [0.15, 0.2) is 36.4 Å². The van der Waals surface area contributed by atoms with Gasteiger partial charge in [-0.15, -0.1) is 0 Å². The van der Waals surface area contributed by atoms with Gasteiger partial charge in [0.1, 0.15) is 11.9 Å². The standard InChI is InChI=1S/C31H42Cl2N4O5/c1-21-17-37(22(2)20-38)31(40)16-24-15-25(34-30(39)8-9-36-10-12-41-13-11-36)5-7-28(24)42-29(21)19-35(3)18-23-4-6-26(32)27(33)14-23/h4-7,14-15,21-22,29,38H,8-13,16-20H2,1-3H3,(H,34,39)/t21-,22+,29+/m1/s1. The molecule has 0 unspecified atom stereocenters. The van der Waals surface area contributed by atoms with E-state index in [4.69, 9.17) is 32.7 Å². The Morgan fingerprint density at radius 1 is 1.17 bits per heavy atom. The minimum Gasteiger partial charge on any atom is -0.488 e. The van der Waals surface area contributed by atoms with Crippen molar-refractivity contribution >= 4 is 40.7 Å². The number of amides is 2. The number of fused-ring (bicyclic) bond motifs is 1. The van der Waals surface area contributed by atoms with E-state index in [9.17, 15) is 14.7 Å². The van der Waals surface area contributed by atoms with Gasteiger partial charge >= 0.3 is 0 Å². The summed E-state index contributed by atoms with van der Waals surface area (Å²) < 4.78 is 12.0. The van der Waals surface area contributed by atoms with Crippen molar-refractivity contribution in [1.29, 1.82) is 0 Å². The summed E-state index contributed by atoms with van der Waals surface area (Å²) in [5, 5.41) is 13.9. The summed E-state index contributed by atoms with van der Waals surface area (Å²) in [7, 11) is 2.01. The Balaban J connectivity index is 1.50. The molecule has 2 N–H and O–H groups in total. The topological polar surface area (TPSA) is 94.6 Å². The molecule has 11 heteroatoms. The van der Waals surface area contributed by atoms with Gasteiger partial charge in [0.2, 0.25) is 11.8 Å². The molecule has 2 amide bonds. The van der Waals surface area contributed by atoms with Gasteiger partial charge in [-0.3, -0.25) is 19.4 Å². The number of rotatable bonds is 10. The first-order valence-electron chi connectivity index (χ1n) is 14.5. The van der Waals surface area contributed by atoms with Gasteiger partial charge < -0.3 is 24.8 Å². The number of anilines is 1. The second kappa shape index (κ2) is 15.4. The first kappa shape index (κ1) is 32.5. The maximum absolute atomic E-state index is 13.5. The van der Waals surface area contributed by atoms with Crippen LogP contribution in [-0.4, -0.2) is 103 Å². The van der Waals surface area contributed by atoms with E-state index >= 15 is 0 Å². The SMILES string of the molecule is C[C@@H]1CN([C@@H](C)CO)C(=O)Cc2cc(NC(=O)CCN3CCOCC3)ccc2O[C@H]1CN(C)Cc1ccc(Cl)c(Cl)c1. The highest BCUT2D eigenvalue weighted by atomic mass is 35.5. The predicted octanol–water partition coefficient (Wildman–Crippen LogP) is 3.94. The average molecular weight is 622 g/mol. The van der Waals surface area contributed by atoms with E-state index in [1.165, 1.54) is 0 Å². The van der Waals surface area contributed by atoms with E-state index in [1.54, 1.807) is 11.0 Å². The van der Waals surface area contributed by atoms with Crippen LogP contribution in [0.5, 0.6) is 5.75 Å². The molecule has 1 saturated heterocycles. The van der Waals surface area contributed by atoms with Crippen LogP contribution >= 0.6 is 23.2 Å². The summed E-state index contributed by atoms with van der Waals surface area (Å²) in [5.41, 5.74) is 2.36. The Hall–Kier alpha value is -2.40. The van der Waals surface area contributed by atoms with Gasteiger partial charge in [-0.1, -0.05) is 36.2 Å². The molecule has 0 aromatic heterocycles. The van der Waals surface area contributed by atoms with Crippen molar-refractivity contribution in [3.05, 3.63) is 57.6 Å². The van der Waals surface area contributed by atoms with E-state index in [0.717, 1.165) is 18.7 Å². The van der Waals surface area contributed by atoms with Gasteiger partial charge in [-0.05, 0) is 49.9 Å². The summed E-state index contributed by atoms with van der Waals surface area (Å²) in [5.74, 6) is 0.425. The molecule has 0 radical (unpaired) electrons. The number of aliphatic hydroxyl groups excluding tert-OH is 1. The van der Waals surface area contributed by atoms with Crippen LogP contribution in [0.2, 0.25) is 10.0 Å². The van der Waals surface area contributed by atoms with Gasteiger partial charge in [0, 0.05) is 62.9 Å². The highest BCUT2D eigenvalue weighted by molar-refractivity contribution is 6.42. The molecule has 2 aliphatic heterocycles. The molecule has 2 aromatic carbocycles. The van der Waals surface area contributed by atoms with Crippen LogP contribution in [0.1, 0.15) is 31.4 Å². The molecule has 9 nitrogen and oxygen atoms in total. The van der Waals surface area contributed by atoms with Gasteiger partial charge in [-0.25, -0.2) is 0 Å². The van der Waals surface area contributed by atoms with Crippen molar-refractivity contribution < 1.29 is 24.2 Å². The zero-order chi connectivity index (χ0) is 30.2. The molecule has 0 bridgehead atoms. The number of hydrogen-bond acceptors (Lipinski definition) is 7. The number of likely N-dealkylation sites (N-methyl/N-ethyl adjacent to an activating group) is 1. The second-order valence-electron chi connectivity index (χ2n) is 11.4. The molecule has 2 aliphatic rings. The third kappa shape index (κ3) is 9.05. The van der Waals surface area contributed by atoms with Crippen LogP contribution in [0.3, 0.4) is 0 Å². The van der Waals surface area contributed by atoms with Gasteiger partial charge in [0.05, 0.1) is 42.3 Å². The molecule has 2 heterocycles. The molecule has 0 saturated carbocycles. The second-order valence-corrected chi connectivity index (χ2v) is 12.2. The summed E-state index contributed by atoms with van der Waals surface area (Å²) >= 11 is 12.3. The molecular formula is C31H42Cl2N4O5. The zero-order valence-corrected chi connectivity index (χ0v) is 26.2. The summed E-state index contributed by atoms with van der Waals surface area (Å²) in [6, 6.07) is 10.8. The lowest BCUT2D eigenvalue weighted by Crippen LogP contribution is -2.47. The van der Waals surface area contributed by atoms with Crippen molar-refractivity contribution in [2.45, 2.75) is 45.4 Å². The van der Waals surface area contributed by atoms with Gasteiger partial charge in [0.15, 0.2) is 0 Å². The van der Waals surface area contributed by atoms with Crippen LogP contribution in [0.25, 0.3) is 0 Å². The number of benzene rings is 2. The third-order valence-corrected chi connectivity index (χ3v) is 8.63. The number of morpholine rings is 1. The van der Waals surface area contributed by atoms with E-state index < -0.39 is 0 Å². The average Bonchev–Trinajstić information content (AvgIpc) is 3.01. The van der Waals surface area contributed by atoms with E-state index in [1.807, 2.05) is 44.3 Å². The summed E-state index contributed by atoms with van der Waals surface area (Å²) in [6.45, 7) is 9.18. The molecule has 3 atom stereocenters. The van der Waals surface area contributed by atoms with Crippen LogP contribution in [0.4, 0.5) is 5.69 Å². The molecular weight excluding hydrogens is 579 g/mol. The number of hydrogen-bond donors (Lipinski definition) is 2. The van der Waals surface area contributed by atoms with Gasteiger partial charge in [-0.2, -0.15) is 0 Å². The number of carbonyl (C=O) groups excluding carboxylic acids is 2. The van der Waals surface area contributed by atoms with E-state index in [0.29, 0.717) is 72.9 Å². The monoisotopic (exact) mass is 620 g/mol. The Morgan fingerprint density at radius 3 is 2.64 bits per heavy atom. The summed E-state index contributed by atoms with van der Waals surface area (Å²) in [4.78, 5) is 32.3. The molecule has 1 fully saturated rings. The third-order valence-electron chi connectivity index (χ3n) is 7.89. The quantitative estimate of drug-likeness (QED) is 0.415. The Labute approximate surface area is 258 Å². The molecule has 4 rings (SSSR count). The maximum atomic E-state index is 13.5. The largest absolute Gasteiger partial charge is 0.488 e. The normalized spacial score (nSPS) is 20.7. The summed E-state index contributed by atoms with van der Waals surface area (Å²) in [6.07, 6.45) is 0.235. The fourth-order valence-corrected chi connectivity index (χ4v) is 5.68. The molecule has 42 heavy (non-hydrogen) atoms. The number of carbonyl (C=O) groups is 2. The molecule has 2 aromatic rings. The van der Waals surface area contributed by atoms with Crippen LogP contribution in [-0.2, 0) is 27.3 Å². The highest BCUT2D eigenvalue weighted by Crippen LogP contribution is 2.30. The Bertz CT molecular complexity index is 1230. The number of nitrogens with one attached hydrogen (secondary N) is 1. The lowest BCUT2D eigenvalue weighted by Gasteiger charge is -2.34. The van der Waals surface area contributed by atoms with Crippen LogP contribution < -0.4 is 10.1 Å². The van der Waals surface area contributed by atoms with Crippen molar-refractivity contribution in [1.82, 2.24) is 14.7 Å². The number of ether oxygens (including phenoxy) is 2. The van der Waals surface area contributed by atoms with Crippen molar-refractivity contribution in [2.75, 3.05) is 64.9 Å². The molecule has 230 valence electrons. The van der Waals surface area contributed by atoms with Crippen LogP contribution in [0, 0.1) is 5.92 Å². The Kier molecular flexibility index (Phi) is 11.9. The molecule has 0 aliphatic carbocycles. The maximum Gasteiger partial charge on any atom is 0.227 e. The minimum absolute atomic E-state index is 0.0234. The molecule has 0 spiro atoms. The smallest absolute Gasteiger partial charge is 0.227 e. The minimum atomic E-state index is -0.334. The number of halogens is 2. The van der Waals surface area contributed by atoms with E-state index in [2.05, 4.69) is 22.0 Å². The van der Waals surface area contributed by atoms with Crippen molar-refractivity contribution in [3.63, 3.8) is 0 Å². The first-order chi connectivity index (χ1) is 20.1.